The van der Waals surface area contributed by atoms with Crippen LogP contribution < -0.4 is 10.8 Å². The first-order chi connectivity index (χ1) is 10.6. The van der Waals surface area contributed by atoms with E-state index in [-0.39, 0.29) is 6.61 Å². The van der Waals surface area contributed by atoms with Gasteiger partial charge in [-0.15, -0.1) is 0 Å². The van der Waals surface area contributed by atoms with Crippen LogP contribution in [0.15, 0.2) is 42.5 Å². The summed E-state index contributed by atoms with van der Waals surface area (Å²) in [5.74, 6) is -5.60. The molecule has 0 atom stereocenters. The summed E-state index contributed by atoms with van der Waals surface area (Å²) in [6.07, 6.45) is 0. The molecule has 4 nitrogen and oxygen atoms in total. The number of benzene rings is 2. The maximum absolute atomic E-state index is 13.4. The smallest absolute Gasteiger partial charge is 0.277 e. The van der Waals surface area contributed by atoms with Crippen molar-refractivity contribution in [2.75, 3.05) is 18.5 Å². The van der Waals surface area contributed by atoms with Crippen molar-refractivity contribution in [1.82, 2.24) is 5.48 Å². The minimum absolute atomic E-state index is 0.103. The molecule has 0 unspecified atom stereocenters. The Bertz CT molecular complexity index is 651. The summed E-state index contributed by atoms with van der Waals surface area (Å²) in [5, 5.41) is 3.03. The SMILES string of the molecule is O=C(NOCCNc1ccccc1)c1ccc(F)c(F)c1F. The van der Waals surface area contributed by atoms with Gasteiger partial charge in [-0.05, 0) is 24.3 Å². The minimum atomic E-state index is -1.70. The van der Waals surface area contributed by atoms with Crippen LogP contribution in [0.1, 0.15) is 10.4 Å². The van der Waals surface area contributed by atoms with Gasteiger partial charge in [0.2, 0.25) is 0 Å². The maximum Gasteiger partial charge on any atom is 0.277 e. The van der Waals surface area contributed by atoms with E-state index in [0.29, 0.717) is 12.6 Å². The van der Waals surface area contributed by atoms with Crippen molar-refractivity contribution in [3.8, 4) is 0 Å². The molecule has 22 heavy (non-hydrogen) atoms. The Hall–Kier alpha value is -2.54. The highest BCUT2D eigenvalue weighted by Gasteiger charge is 2.18. The highest BCUT2D eigenvalue weighted by molar-refractivity contribution is 5.93. The topological polar surface area (TPSA) is 50.4 Å². The Morgan fingerprint density at radius 2 is 1.73 bits per heavy atom. The molecule has 0 aromatic heterocycles. The molecule has 0 aliphatic rings. The number of hydrogen-bond acceptors (Lipinski definition) is 3. The molecular formula is C15H13F3N2O2. The second-order valence-corrected chi connectivity index (χ2v) is 4.30. The zero-order valence-electron chi connectivity index (χ0n) is 11.4. The maximum atomic E-state index is 13.4. The Labute approximate surface area is 124 Å². The predicted octanol–water partition coefficient (Wildman–Crippen LogP) is 2.88. The quantitative estimate of drug-likeness (QED) is 0.490. The number of amides is 1. The molecule has 2 aromatic rings. The van der Waals surface area contributed by atoms with Crippen LogP contribution in [0.5, 0.6) is 0 Å². The zero-order valence-corrected chi connectivity index (χ0v) is 11.4. The molecule has 0 aliphatic heterocycles. The number of carbonyl (C=O) groups excluding carboxylic acids is 1. The molecule has 0 bridgehead atoms. The van der Waals surface area contributed by atoms with E-state index in [1.165, 1.54) is 0 Å². The average molecular weight is 310 g/mol. The molecule has 0 fully saturated rings. The fourth-order valence-electron chi connectivity index (χ4n) is 1.68. The molecule has 2 aromatic carbocycles. The van der Waals surface area contributed by atoms with E-state index < -0.39 is 28.9 Å². The van der Waals surface area contributed by atoms with Crippen molar-refractivity contribution in [2.24, 2.45) is 0 Å². The van der Waals surface area contributed by atoms with E-state index in [9.17, 15) is 18.0 Å². The Balaban J connectivity index is 1.78. The Kier molecular flexibility index (Phi) is 5.37. The summed E-state index contributed by atoms with van der Waals surface area (Å²) in [6, 6.07) is 10.8. The van der Waals surface area contributed by atoms with Crippen LogP contribution in [0.25, 0.3) is 0 Å². The summed E-state index contributed by atoms with van der Waals surface area (Å²) in [6.45, 7) is 0.497. The fraction of sp³-hybridized carbons (Fsp3) is 0.133. The standard InChI is InChI=1S/C15H13F3N2O2/c16-12-7-6-11(13(17)14(12)18)15(21)20-22-9-8-19-10-4-2-1-3-5-10/h1-7,19H,8-9H2,(H,20,21). The lowest BCUT2D eigenvalue weighted by molar-refractivity contribution is 0.0348. The van der Waals surface area contributed by atoms with E-state index in [1.807, 2.05) is 35.8 Å². The number of hydroxylamine groups is 1. The molecule has 0 saturated carbocycles. The second kappa shape index (κ2) is 7.46. The van der Waals surface area contributed by atoms with Crippen molar-refractivity contribution >= 4 is 11.6 Å². The number of para-hydroxylation sites is 1. The lowest BCUT2D eigenvalue weighted by atomic mass is 10.2. The van der Waals surface area contributed by atoms with E-state index in [1.54, 1.807) is 0 Å². The van der Waals surface area contributed by atoms with Crippen LogP contribution in [0.4, 0.5) is 18.9 Å². The summed E-state index contributed by atoms with van der Waals surface area (Å²) in [7, 11) is 0. The molecule has 0 heterocycles. The highest BCUT2D eigenvalue weighted by Crippen LogP contribution is 2.14. The van der Waals surface area contributed by atoms with Crippen LogP contribution in [-0.2, 0) is 4.84 Å². The van der Waals surface area contributed by atoms with Gasteiger partial charge in [0.15, 0.2) is 17.5 Å². The van der Waals surface area contributed by atoms with Gasteiger partial charge in [-0.2, -0.15) is 0 Å². The van der Waals surface area contributed by atoms with Gasteiger partial charge < -0.3 is 5.32 Å². The van der Waals surface area contributed by atoms with E-state index in [4.69, 9.17) is 4.84 Å². The lowest BCUT2D eigenvalue weighted by Crippen LogP contribution is -2.27. The first-order valence-electron chi connectivity index (χ1n) is 6.44. The molecule has 1 amide bonds. The van der Waals surface area contributed by atoms with Gasteiger partial charge in [-0.1, -0.05) is 18.2 Å². The highest BCUT2D eigenvalue weighted by atomic mass is 19.2. The van der Waals surface area contributed by atoms with Gasteiger partial charge in [0, 0.05) is 12.2 Å². The number of carbonyl (C=O) groups is 1. The summed E-state index contributed by atoms with van der Waals surface area (Å²) in [5.41, 5.74) is 2.21. The van der Waals surface area contributed by atoms with E-state index >= 15 is 0 Å². The largest absolute Gasteiger partial charge is 0.383 e. The van der Waals surface area contributed by atoms with Gasteiger partial charge in [0.25, 0.3) is 5.91 Å². The Morgan fingerprint density at radius 1 is 1.00 bits per heavy atom. The van der Waals surface area contributed by atoms with Crippen LogP contribution in [-0.4, -0.2) is 19.1 Å². The predicted molar refractivity (Wildman–Crippen MR) is 74.7 cm³/mol. The molecular weight excluding hydrogens is 297 g/mol. The minimum Gasteiger partial charge on any atom is -0.383 e. The van der Waals surface area contributed by atoms with Crippen LogP contribution in [0.3, 0.4) is 0 Å². The van der Waals surface area contributed by atoms with Crippen molar-refractivity contribution in [2.45, 2.75) is 0 Å². The first kappa shape index (κ1) is 15.8. The monoisotopic (exact) mass is 310 g/mol. The number of hydrogen-bond donors (Lipinski definition) is 2. The van der Waals surface area contributed by atoms with Crippen molar-refractivity contribution in [1.29, 1.82) is 0 Å². The third kappa shape index (κ3) is 3.98. The van der Waals surface area contributed by atoms with Gasteiger partial charge in [0.1, 0.15) is 0 Å². The Morgan fingerprint density at radius 3 is 2.45 bits per heavy atom. The summed E-state index contributed by atoms with van der Waals surface area (Å²) in [4.78, 5) is 16.4. The molecule has 0 saturated heterocycles. The lowest BCUT2D eigenvalue weighted by Gasteiger charge is -2.08. The van der Waals surface area contributed by atoms with E-state index in [0.717, 1.165) is 11.8 Å². The third-order valence-electron chi connectivity index (χ3n) is 2.75. The normalized spacial score (nSPS) is 10.3. The van der Waals surface area contributed by atoms with Gasteiger partial charge in [0.05, 0.1) is 12.2 Å². The molecule has 2 rings (SSSR count). The fourth-order valence-corrected chi connectivity index (χ4v) is 1.68. The number of nitrogens with one attached hydrogen (secondary N) is 2. The van der Waals surface area contributed by atoms with Gasteiger partial charge >= 0.3 is 0 Å². The number of anilines is 1. The first-order valence-corrected chi connectivity index (χ1v) is 6.44. The summed E-state index contributed by atoms with van der Waals surface area (Å²) < 4.78 is 39.1. The molecule has 0 spiro atoms. The van der Waals surface area contributed by atoms with E-state index in [2.05, 4.69) is 5.32 Å². The molecule has 0 radical (unpaired) electrons. The molecule has 2 N–H and O–H groups in total. The van der Waals surface area contributed by atoms with Crippen LogP contribution >= 0.6 is 0 Å². The van der Waals surface area contributed by atoms with Crippen molar-refractivity contribution < 1.29 is 22.8 Å². The van der Waals surface area contributed by atoms with Crippen molar-refractivity contribution in [3.63, 3.8) is 0 Å². The number of rotatable bonds is 6. The number of halogens is 3. The van der Waals surface area contributed by atoms with Crippen LogP contribution in [0, 0.1) is 17.5 Å². The van der Waals surface area contributed by atoms with Gasteiger partial charge in [-0.3, -0.25) is 9.63 Å². The van der Waals surface area contributed by atoms with Crippen LogP contribution in [0.2, 0.25) is 0 Å². The van der Waals surface area contributed by atoms with Crippen molar-refractivity contribution in [3.05, 3.63) is 65.5 Å². The molecule has 116 valence electrons. The second-order valence-electron chi connectivity index (χ2n) is 4.30. The third-order valence-corrected chi connectivity index (χ3v) is 2.75. The molecule has 0 aliphatic carbocycles. The zero-order chi connectivity index (χ0) is 15.9. The summed E-state index contributed by atoms with van der Waals surface area (Å²) >= 11 is 0. The van der Waals surface area contributed by atoms with Gasteiger partial charge in [-0.25, -0.2) is 18.7 Å². The molecule has 7 heteroatoms. The average Bonchev–Trinajstić information content (AvgIpc) is 2.53.